The quantitative estimate of drug-likeness (QED) is 0.900. The summed E-state index contributed by atoms with van der Waals surface area (Å²) in [4.78, 5) is 16.4. The first-order valence-corrected chi connectivity index (χ1v) is 7.70. The van der Waals surface area contributed by atoms with Crippen molar-refractivity contribution in [3.8, 4) is 0 Å². The summed E-state index contributed by atoms with van der Waals surface area (Å²) >= 11 is 0. The topological polar surface area (TPSA) is 49.6 Å². The first-order chi connectivity index (χ1) is 10.2. The zero-order chi connectivity index (χ0) is 14.8. The van der Waals surface area contributed by atoms with Gasteiger partial charge in [-0.05, 0) is 25.0 Å². The zero-order valence-electron chi connectivity index (χ0n) is 12.2. The summed E-state index contributed by atoms with van der Waals surface area (Å²) in [6.07, 6.45) is 2.91. The predicted octanol–water partition coefficient (Wildman–Crippen LogP) is 1.60. The Morgan fingerprint density at radius 2 is 1.86 bits per heavy atom. The standard InChI is InChI=1S/C16H22FN3O/c17-13-5-1-2-7-15(13)19-8-10-20(11-9-19)16(21)12-4-3-6-14(12)18/h1-2,5,7,12,14H,3-4,6,8-11,18H2/t12-,14-/m0/s1. The monoisotopic (exact) mass is 291 g/mol. The van der Waals surface area contributed by atoms with Crippen molar-refractivity contribution in [2.24, 2.45) is 11.7 Å². The minimum atomic E-state index is -0.199. The van der Waals surface area contributed by atoms with Crippen LogP contribution in [0.2, 0.25) is 0 Å². The molecule has 0 unspecified atom stereocenters. The van der Waals surface area contributed by atoms with Gasteiger partial charge in [-0.2, -0.15) is 0 Å². The summed E-state index contributed by atoms with van der Waals surface area (Å²) in [7, 11) is 0. The molecular weight excluding hydrogens is 269 g/mol. The summed E-state index contributed by atoms with van der Waals surface area (Å²) in [5.41, 5.74) is 6.64. The number of piperazine rings is 1. The molecule has 4 nitrogen and oxygen atoms in total. The highest BCUT2D eigenvalue weighted by Gasteiger charge is 2.34. The van der Waals surface area contributed by atoms with Crippen LogP contribution in [0.5, 0.6) is 0 Å². The Labute approximate surface area is 124 Å². The van der Waals surface area contributed by atoms with Gasteiger partial charge in [0.15, 0.2) is 0 Å². The third-order valence-electron chi connectivity index (χ3n) is 4.67. The van der Waals surface area contributed by atoms with Crippen LogP contribution < -0.4 is 10.6 Å². The van der Waals surface area contributed by atoms with Gasteiger partial charge in [-0.15, -0.1) is 0 Å². The number of hydrogen-bond acceptors (Lipinski definition) is 3. The molecule has 2 N–H and O–H groups in total. The minimum Gasteiger partial charge on any atom is -0.366 e. The lowest BCUT2D eigenvalue weighted by molar-refractivity contribution is -0.136. The average molecular weight is 291 g/mol. The van der Waals surface area contributed by atoms with Crippen LogP contribution in [0.25, 0.3) is 0 Å². The van der Waals surface area contributed by atoms with Crippen LogP contribution in [0.4, 0.5) is 10.1 Å². The first kappa shape index (κ1) is 14.3. The van der Waals surface area contributed by atoms with Crippen molar-refractivity contribution in [2.45, 2.75) is 25.3 Å². The Kier molecular flexibility index (Phi) is 4.10. The van der Waals surface area contributed by atoms with Gasteiger partial charge in [0.1, 0.15) is 5.82 Å². The van der Waals surface area contributed by atoms with Gasteiger partial charge in [0, 0.05) is 32.2 Å². The lowest BCUT2D eigenvalue weighted by atomic mass is 10.0. The highest BCUT2D eigenvalue weighted by molar-refractivity contribution is 5.80. The summed E-state index contributed by atoms with van der Waals surface area (Å²) in [6.45, 7) is 2.65. The van der Waals surface area contributed by atoms with Crippen LogP contribution in [-0.4, -0.2) is 43.0 Å². The van der Waals surface area contributed by atoms with Crippen LogP contribution in [0.3, 0.4) is 0 Å². The van der Waals surface area contributed by atoms with Gasteiger partial charge in [-0.3, -0.25) is 4.79 Å². The lowest BCUT2D eigenvalue weighted by Crippen LogP contribution is -2.52. The van der Waals surface area contributed by atoms with E-state index < -0.39 is 0 Å². The molecule has 1 aliphatic heterocycles. The van der Waals surface area contributed by atoms with Gasteiger partial charge < -0.3 is 15.5 Å². The molecule has 1 heterocycles. The van der Waals surface area contributed by atoms with E-state index in [0.29, 0.717) is 31.9 Å². The van der Waals surface area contributed by atoms with E-state index in [1.165, 1.54) is 6.07 Å². The third-order valence-corrected chi connectivity index (χ3v) is 4.67. The first-order valence-electron chi connectivity index (χ1n) is 7.70. The molecule has 1 aromatic carbocycles. The SMILES string of the molecule is N[C@H]1CCC[C@@H]1C(=O)N1CCN(c2ccccc2F)CC1. The lowest BCUT2D eigenvalue weighted by Gasteiger charge is -2.37. The van der Waals surface area contributed by atoms with E-state index in [-0.39, 0.29) is 23.7 Å². The number of halogens is 1. The number of carbonyl (C=O) groups is 1. The molecule has 1 saturated carbocycles. The highest BCUT2D eigenvalue weighted by atomic mass is 19.1. The summed E-state index contributed by atoms with van der Waals surface area (Å²) in [6, 6.07) is 6.82. The van der Waals surface area contributed by atoms with Gasteiger partial charge in [-0.25, -0.2) is 4.39 Å². The van der Waals surface area contributed by atoms with Gasteiger partial charge in [0.05, 0.1) is 11.6 Å². The maximum absolute atomic E-state index is 13.8. The molecule has 3 rings (SSSR count). The number of nitrogens with two attached hydrogens (primary N) is 1. The van der Waals surface area contributed by atoms with Crippen molar-refractivity contribution in [3.05, 3.63) is 30.1 Å². The zero-order valence-corrected chi connectivity index (χ0v) is 12.2. The molecule has 1 amide bonds. The van der Waals surface area contributed by atoms with Crippen molar-refractivity contribution in [3.63, 3.8) is 0 Å². The summed E-state index contributed by atoms with van der Waals surface area (Å²) in [5.74, 6) is -0.0201. The van der Waals surface area contributed by atoms with Crippen LogP contribution in [0.15, 0.2) is 24.3 Å². The molecule has 2 fully saturated rings. The second-order valence-corrected chi connectivity index (χ2v) is 5.96. The third kappa shape index (κ3) is 2.88. The number of para-hydroxylation sites is 1. The van der Waals surface area contributed by atoms with Crippen LogP contribution >= 0.6 is 0 Å². The smallest absolute Gasteiger partial charge is 0.227 e. The fourth-order valence-corrected chi connectivity index (χ4v) is 3.41. The average Bonchev–Trinajstić information content (AvgIpc) is 2.93. The molecule has 21 heavy (non-hydrogen) atoms. The molecule has 0 radical (unpaired) electrons. The molecule has 0 bridgehead atoms. The van der Waals surface area contributed by atoms with Crippen LogP contribution in [0.1, 0.15) is 19.3 Å². The second kappa shape index (κ2) is 6.02. The number of carbonyl (C=O) groups excluding carboxylic acids is 1. The van der Waals surface area contributed by atoms with Crippen molar-refractivity contribution in [2.75, 3.05) is 31.1 Å². The highest BCUT2D eigenvalue weighted by Crippen LogP contribution is 2.27. The number of rotatable bonds is 2. The number of anilines is 1. The summed E-state index contributed by atoms with van der Waals surface area (Å²) in [5, 5.41) is 0. The normalized spacial score (nSPS) is 26.2. The number of amides is 1. The van der Waals surface area contributed by atoms with Crippen LogP contribution in [-0.2, 0) is 4.79 Å². The molecular formula is C16H22FN3O. The maximum Gasteiger partial charge on any atom is 0.227 e. The molecule has 5 heteroatoms. The van der Waals surface area contributed by atoms with E-state index >= 15 is 0 Å². The Hall–Kier alpha value is -1.62. The molecule has 2 atom stereocenters. The van der Waals surface area contributed by atoms with E-state index in [2.05, 4.69) is 0 Å². The van der Waals surface area contributed by atoms with E-state index in [0.717, 1.165) is 19.3 Å². The van der Waals surface area contributed by atoms with Gasteiger partial charge in [-0.1, -0.05) is 18.6 Å². The fraction of sp³-hybridized carbons (Fsp3) is 0.562. The fourth-order valence-electron chi connectivity index (χ4n) is 3.41. The van der Waals surface area contributed by atoms with E-state index in [1.54, 1.807) is 12.1 Å². The largest absolute Gasteiger partial charge is 0.366 e. The van der Waals surface area contributed by atoms with Crippen molar-refractivity contribution in [1.82, 2.24) is 4.90 Å². The van der Waals surface area contributed by atoms with Crippen LogP contribution in [0, 0.1) is 11.7 Å². The molecule has 1 aromatic rings. The maximum atomic E-state index is 13.8. The Morgan fingerprint density at radius 3 is 2.48 bits per heavy atom. The van der Waals surface area contributed by atoms with Crippen molar-refractivity contribution in [1.29, 1.82) is 0 Å². The molecule has 1 saturated heterocycles. The molecule has 0 spiro atoms. The minimum absolute atomic E-state index is 0.00925. The molecule has 0 aromatic heterocycles. The van der Waals surface area contributed by atoms with Gasteiger partial charge in [0.2, 0.25) is 5.91 Å². The summed E-state index contributed by atoms with van der Waals surface area (Å²) < 4.78 is 13.8. The van der Waals surface area contributed by atoms with E-state index in [4.69, 9.17) is 5.73 Å². The van der Waals surface area contributed by atoms with E-state index in [9.17, 15) is 9.18 Å². The number of benzene rings is 1. The molecule has 2 aliphatic rings. The van der Waals surface area contributed by atoms with Gasteiger partial charge in [0.25, 0.3) is 0 Å². The van der Waals surface area contributed by atoms with E-state index in [1.807, 2.05) is 15.9 Å². The second-order valence-electron chi connectivity index (χ2n) is 5.96. The number of nitrogens with zero attached hydrogens (tertiary/aromatic N) is 2. The van der Waals surface area contributed by atoms with Gasteiger partial charge >= 0.3 is 0 Å². The predicted molar refractivity (Wildman–Crippen MR) is 80.5 cm³/mol. The molecule has 114 valence electrons. The Morgan fingerprint density at radius 1 is 1.14 bits per heavy atom. The number of hydrogen-bond donors (Lipinski definition) is 1. The molecule has 1 aliphatic carbocycles. The Bertz CT molecular complexity index is 514. The van der Waals surface area contributed by atoms with Crippen molar-refractivity contribution < 1.29 is 9.18 Å². The Balaban J connectivity index is 1.60. The van der Waals surface area contributed by atoms with Crippen molar-refractivity contribution >= 4 is 11.6 Å².